The van der Waals surface area contributed by atoms with Crippen LogP contribution in [0.3, 0.4) is 0 Å². The SMILES string of the molecule is CS(=O)(=O)NC(=O)c1occc1CS(=O)(=O)c1ccccc1. The Hall–Kier alpha value is -2.13. The second-order valence-corrected chi connectivity index (χ2v) is 8.29. The number of rotatable bonds is 5. The lowest BCUT2D eigenvalue weighted by Crippen LogP contribution is -2.29. The minimum Gasteiger partial charge on any atom is -0.459 e. The molecule has 2 rings (SSSR count). The zero-order valence-corrected chi connectivity index (χ0v) is 13.1. The highest BCUT2D eigenvalue weighted by Gasteiger charge is 2.23. The molecular formula is C13H13NO6S2. The first-order chi connectivity index (χ1) is 10.2. The van der Waals surface area contributed by atoms with Crippen molar-refractivity contribution in [1.82, 2.24) is 4.72 Å². The molecule has 22 heavy (non-hydrogen) atoms. The summed E-state index contributed by atoms with van der Waals surface area (Å²) in [6, 6.07) is 9.04. The summed E-state index contributed by atoms with van der Waals surface area (Å²) in [6.07, 6.45) is 1.95. The lowest BCUT2D eigenvalue weighted by Gasteiger charge is -2.05. The number of hydrogen-bond donors (Lipinski definition) is 1. The monoisotopic (exact) mass is 343 g/mol. The Morgan fingerprint density at radius 1 is 1.09 bits per heavy atom. The van der Waals surface area contributed by atoms with Crippen molar-refractivity contribution < 1.29 is 26.0 Å². The van der Waals surface area contributed by atoms with Gasteiger partial charge in [-0.05, 0) is 18.2 Å². The third kappa shape index (κ3) is 3.95. The van der Waals surface area contributed by atoms with Crippen molar-refractivity contribution in [3.05, 3.63) is 54.0 Å². The van der Waals surface area contributed by atoms with Gasteiger partial charge in [0.15, 0.2) is 15.6 Å². The lowest BCUT2D eigenvalue weighted by atomic mass is 10.3. The molecule has 9 heteroatoms. The van der Waals surface area contributed by atoms with Crippen LogP contribution >= 0.6 is 0 Å². The van der Waals surface area contributed by atoms with E-state index in [1.807, 2.05) is 0 Å². The number of carbonyl (C=O) groups excluding carboxylic acids is 1. The molecule has 7 nitrogen and oxygen atoms in total. The highest BCUT2D eigenvalue weighted by atomic mass is 32.2. The van der Waals surface area contributed by atoms with Gasteiger partial charge in [0.05, 0.1) is 23.2 Å². The Balaban J connectivity index is 2.29. The van der Waals surface area contributed by atoms with E-state index in [0.717, 1.165) is 12.5 Å². The van der Waals surface area contributed by atoms with Gasteiger partial charge in [-0.15, -0.1) is 0 Å². The van der Waals surface area contributed by atoms with Crippen molar-refractivity contribution in [2.75, 3.05) is 6.26 Å². The highest BCUT2D eigenvalue weighted by Crippen LogP contribution is 2.19. The van der Waals surface area contributed by atoms with Crippen LogP contribution in [0.15, 0.2) is 52.0 Å². The zero-order chi connectivity index (χ0) is 16.4. The van der Waals surface area contributed by atoms with E-state index in [0.29, 0.717) is 0 Å². The number of sulfonamides is 1. The first-order valence-electron chi connectivity index (χ1n) is 6.05. The van der Waals surface area contributed by atoms with Crippen LogP contribution in [-0.2, 0) is 25.6 Å². The molecule has 0 atom stereocenters. The van der Waals surface area contributed by atoms with Crippen LogP contribution in [0.5, 0.6) is 0 Å². The normalized spacial score (nSPS) is 12.0. The van der Waals surface area contributed by atoms with E-state index in [4.69, 9.17) is 4.42 Å². The number of carbonyl (C=O) groups is 1. The van der Waals surface area contributed by atoms with Crippen molar-refractivity contribution in [3.63, 3.8) is 0 Å². The summed E-state index contributed by atoms with van der Waals surface area (Å²) >= 11 is 0. The van der Waals surface area contributed by atoms with Gasteiger partial charge in [0, 0.05) is 5.56 Å². The molecule has 0 aliphatic rings. The summed E-state index contributed by atoms with van der Waals surface area (Å²) < 4.78 is 53.3. The van der Waals surface area contributed by atoms with Gasteiger partial charge in [0.2, 0.25) is 10.0 Å². The second kappa shape index (κ2) is 5.93. The second-order valence-electron chi connectivity index (χ2n) is 4.55. The molecule has 0 fully saturated rings. The number of sulfone groups is 1. The van der Waals surface area contributed by atoms with Crippen molar-refractivity contribution >= 4 is 25.8 Å². The number of nitrogens with one attached hydrogen (secondary N) is 1. The van der Waals surface area contributed by atoms with Gasteiger partial charge >= 0.3 is 5.91 Å². The van der Waals surface area contributed by atoms with Gasteiger partial charge in [0.25, 0.3) is 0 Å². The maximum absolute atomic E-state index is 12.3. The van der Waals surface area contributed by atoms with Gasteiger partial charge in [0.1, 0.15) is 0 Å². The Kier molecular flexibility index (Phi) is 4.38. The summed E-state index contributed by atoms with van der Waals surface area (Å²) in [6.45, 7) is 0. The summed E-state index contributed by atoms with van der Waals surface area (Å²) in [5.74, 6) is -1.82. The minimum atomic E-state index is -3.77. The average molecular weight is 343 g/mol. The Labute approximate surface area is 127 Å². The summed E-state index contributed by atoms with van der Waals surface area (Å²) in [5, 5.41) is 0. The summed E-state index contributed by atoms with van der Waals surface area (Å²) in [7, 11) is -7.44. The van der Waals surface area contributed by atoms with E-state index in [9.17, 15) is 21.6 Å². The van der Waals surface area contributed by atoms with Crippen LogP contribution in [0.4, 0.5) is 0 Å². The van der Waals surface area contributed by atoms with Crippen LogP contribution in [0, 0.1) is 0 Å². The molecule has 0 unspecified atom stereocenters. The Bertz CT molecular complexity index is 882. The molecule has 1 aromatic carbocycles. The van der Waals surface area contributed by atoms with E-state index in [-0.39, 0.29) is 16.2 Å². The predicted octanol–water partition coefficient (Wildman–Crippen LogP) is 0.943. The molecule has 118 valence electrons. The third-order valence-corrected chi connectivity index (χ3v) is 4.92. The Morgan fingerprint density at radius 2 is 1.73 bits per heavy atom. The van der Waals surface area contributed by atoms with Crippen molar-refractivity contribution in [3.8, 4) is 0 Å². The minimum absolute atomic E-state index is 0.0880. The average Bonchev–Trinajstić information content (AvgIpc) is 2.85. The van der Waals surface area contributed by atoms with E-state index < -0.39 is 31.5 Å². The molecule has 0 spiro atoms. The fourth-order valence-corrected chi connectivity index (χ4v) is 3.58. The van der Waals surface area contributed by atoms with Crippen molar-refractivity contribution in [1.29, 1.82) is 0 Å². The molecule has 0 saturated carbocycles. The molecule has 1 amide bonds. The molecule has 1 N–H and O–H groups in total. The van der Waals surface area contributed by atoms with Crippen molar-refractivity contribution in [2.24, 2.45) is 0 Å². The first kappa shape index (κ1) is 16.2. The van der Waals surface area contributed by atoms with E-state index in [2.05, 4.69) is 0 Å². The molecule has 0 bridgehead atoms. The van der Waals surface area contributed by atoms with E-state index in [1.54, 1.807) is 22.9 Å². The van der Waals surface area contributed by atoms with Crippen LogP contribution in [0.25, 0.3) is 0 Å². The lowest BCUT2D eigenvalue weighted by molar-refractivity contribution is 0.0954. The maximum atomic E-state index is 12.3. The van der Waals surface area contributed by atoms with Crippen LogP contribution in [0.2, 0.25) is 0 Å². The topological polar surface area (TPSA) is 111 Å². The predicted molar refractivity (Wildman–Crippen MR) is 78.3 cm³/mol. The molecule has 0 saturated heterocycles. The smallest absolute Gasteiger partial charge is 0.300 e. The molecule has 0 radical (unpaired) electrons. The van der Waals surface area contributed by atoms with Gasteiger partial charge in [-0.1, -0.05) is 18.2 Å². The first-order valence-corrected chi connectivity index (χ1v) is 9.60. The Morgan fingerprint density at radius 3 is 2.32 bits per heavy atom. The number of benzene rings is 1. The molecule has 2 aromatic rings. The molecule has 0 aliphatic carbocycles. The number of hydrogen-bond acceptors (Lipinski definition) is 6. The summed E-state index contributed by atoms with van der Waals surface area (Å²) in [4.78, 5) is 11.9. The van der Waals surface area contributed by atoms with Crippen LogP contribution in [0.1, 0.15) is 16.1 Å². The van der Waals surface area contributed by atoms with Crippen molar-refractivity contribution in [2.45, 2.75) is 10.6 Å². The van der Waals surface area contributed by atoms with E-state index >= 15 is 0 Å². The van der Waals surface area contributed by atoms with Crippen LogP contribution < -0.4 is 4.72 Å². The standard InChI is InChI=1S/C13H13NO6S2/c1-21(16,17)14-13(15)12-10(7-8-20-12)9-22(18,19)11-5-3-2-4-6-11/h2-8H,9H2,1H3,(H,14,15). The maximum Gasteiger partial charge on any atom is 0.300 e. The van der Waals surface area contributed by atoms with Gasteiger partial charge in [-0.25, -0.2) is 21.6 Å². The van der Waals surface area contributed by atoms with E-state index in [1.165, 1.54) is 18.2 Å². The molecule has 1 aromatic heterocycles. The number of furan rings is 1. The fraction of sp³-hybridized carbons (Fsp3) is 0.154. The largest absolute Gasteiger partial charge is 0.459 e. The van der Waals surface area contributed by atoms with Gasteiger partial charge < -0.3 is 4.42 Å². The van der Waals surface area contributed by atoms with Gasteiger partial charge in [-0.2, -0.15) is 0 Å². The quantitative estimate of drug-likeness (QED) is 0.865. The molecule has 1 heterocycles. The summed E-state index contributed by atoms with van der Waals surface area (Å²) in [5.41, 5.74) is 0.0880. The molecule has 0 aliphatic heterocycles. The number of amides is 1. The van der Waals surface area contributed by atoms with Gasteiger partial charge in [-0.3, -0.25) is 4.79 Å². The third-order valence-electron chi connectivity index (χ3n) is 2.68. The fourth-order valence-electron chi connectivity index (χ4n) is 1.78. The van der Waals surface area contributed by atoms with Crippen LogP contribution in [-0.4, -0.2) is 29.0 Å². The highest BCUT2D eigenvalue weighted by molar-refractivity contribution is 7.90. The molecular weight excluding hydrogens is 330 g/mol. The zero-order valence-electron chi connectivity index (χ0n) is 11.5.